The standard InChI is InChI=1S/C18H23N7O2S2/c1-10-16(29-18(20-10)25-22-12(3)27)15(23-24-17(19)28)9-6-13-4-7-14(8-5-13)21-11(2)26/h4-9,15,23H,1-3H3,(H,20,25)(H,21,26)(H,22,27)(H3,19,24,28)/b9-6+/t15-/m1/s1. The molecule has 29 heavy (non-hydrogen) atoms. The zero-order valence-electron chi connectivity index (χ0n) is 16.2. The molecule has 7 N–H and O–H groups in total. The van der Waals surface area contributed by atoms with Crippen molar-refractivity contribution >= 4 is 57.4 Å². The fourth-order valence-electron chi connectivity index (χ4n) is 2.33. The van der Waals surface area contributed by atoms with Gasteiger partial charge in [-0.25, -0.2) is 10.4 Å². The molecule has 0 aliphatic carbocycles. The smallest absolute Gasteiger partial charge is 0.235 e. The average Bonchev–Trinajstić information content (AvgIpc) is 3.01. The van der Waals surface area contributed by atoms with Crippen molar-refractivity contribution in [2.45, 2.75) is 26.8 Å². The number of benzene rings is 1. The van der Waals surface area contributed by atoms with Gasteiger partial charge in [0.25, 0.3) is 0 Å². The summed E-state index contributed by atoms with van der Waals surface area (Å²) in [6.07, 6.45) is 3.86. The van der Waals surface area contributed by atoms with E-state index < -0.39 is 0 Å². The zero-order chi connectivity index (χ0) is 21.4. The van der Waals surface area contributed by atoms with E-state index in [9.17, 15) is 9.59 Å². The number of hydrogen-bond acceptors (Lipinski definition) is 7. The predicted molar refractivity (Wildman–Crippen MR) is 120 cm³/mol. The Morgan fingerprint density at radius 1 is 1.17 bits per heavy atom. The Balaban J connectivity index is 2.19. The van der Waals surface area contributed by atoms with E-state index in [1.54, 1.807) is 0 Å². The minimum atomic E-state index is -0.281. The number of aryl methyl sites for hydroxylation is 1. The first-order valence-corrected chi connectivity index (χ1v) is 9.84. The summed E-state index contributed by atoms with van der Waals surface area (Å²) in [5, 5.41) is 3.40. The molecule has 2 rings (SSSR count). The Hall–Kier alpha value is -3.02. The molecule has 0 bridgehead atoms. The Labute approximate surface area is 178 Å². The maximum Gasteiger partial charge on any atom is 0.235 e. The number of nitrogens with zero attached hydrogens (tertiary/aromatic N) is 1. The lowest BCUT2D eigenvalue weighted by atomic mass is 10.1. The van der Waals surface area contributed by atoms with Gasteiger partial charge in [-0.15, -0.1) is 0 Å². The minimum absolute atomic E-state index is 0.113. The second-order valence-electron chi connectivity index (χ2n) is 6.05. The number of thiocarbonyl (C=S) groups is 1. The molecule has 1 aromatic carbocycles. The largest absolute Gasteiger partial charge is 0.375 e. The van der Waals surface area contributed by atoms with Crippen molar-refractivity contribution in [3.05, 3.63) is 46.5 Å². The van der Waals surface area contributed by atoms with Crippen molar-refractivity contribution in [1.29, 1.82) is 0 Å². The van der Waals surface area contributed by atoms with E-state index in [0.29, 0.717) is 5.13 Å². The third-order valence-electron chi connectivity index (χ3n) is 3.52. The van der Waals surface area contributed by atoms with Crippen LogP contribution in [-0.2, 0) is 9.59 Å². The predicted octanol–water partition coefficient (Wildman–Crippen LogP) is 1.97. The van der Waals surface area contributed by atoms with Gasteiger partial charge in [0.1, 0.15) is 0 Å². The molecule has 0 saturated carbocycles. The van der Waals surface area contributed by atoms with Gasteiger partial charge < -0.3 is 11.1 Å². The molecular formula is C18H23N7O2S2. The Morgan fingerprint density at radius 3 is 2.45 bits per heavy atom. The van der Waals surface area contributed by atoms with Crippen LogP contribution in [-0.4, -0.2) is 21.9 Å². The third-order valence-corrected chi connectivity index (χ3v) is 4.78. The average molecular weight is 434 g/mol. The number of nitrogens with one attached hydrogen (secondary N) is 5. The molecule has 1 aromatic heterocycles. The molecule has 1 heterocycles. The summed E-state index contributed by atoms with van der Waals surface area (Å²) < 4.78 is 0. The van der Waals surface area contributed by atoms with Crippen LogP contribution in [0.4, 0.5) is 10.8 Å². The molecule has 154 valence electrons. The maximum atomic E-state index is 11.1. The summed E-state index contributed by atoms with van der Waals surface area (Å²) in [6, 6.07) is 7.15. The van der Waals surface area contributed by atoms with Crippen molar-refractivity contribution in [2.24, 2.45) is 5.73 Å². The highest BCUT2D eigenvalue weighted by atomic mass is 32.1. The zero-order valence-corrected chi connectivity index (χ0v) is 17.8. The number of thiazole rings is 1. The highest BCUT2D eigenvalue weighted by Gasteiger charge is 2.16. The molecule has 1 atom stereocenters. The van der Waals surface area contributed by atoms with Crippen LogP contribution in [0.25, 0.3) is 6.08 Å². The Kier molecular flexibility index (Phi) is 8.07. The lowest BCUT2D eigenvalue weighted by Crippen LogP contribution is -2.42. The number of nitrogens with two attached hydrogens (primary N) is 1. The molecule has 0 radical (unpaired) electrons. The van der Waals surface area contributed by atoms with Gasteiger partial charge in [0, 0.05) is 19.5 Å². The van der Waals surface area contributed by atoms with Crippen molar-refractivity contribution in [3.8, 4) is 0 Å². The normalized spacial score (nSPS) is 11.7. The van der Waals surface area contributed by atoms with Crippen molar-refractivity contribution in [2.75, 3.05) is 10.7 Å². The Morgan fingerprint density at radius 2 is 1.86 bits per heavy atom. The number of rotatable bonds is 8. The van der Waals surface area contributed by atoms with Gasteiger partial charge in [0.05, 0.1) is 16.6 Å². The van der Waals surface area contributed by atoms with Crippen LogP contribution in [0.1, 0.15) is 36.0 Å². The SMILES string of the molecule is CC(=O)NNc1nc(C)c([C@@H](/C=C/c2ccc(NC(C)=O)cc2)NNC(N)=S)s1. The summed E-state index contributed by atoms with van der Waals surface area (Å²) >= 11 is 6.26. The molecule has 2 aromatic rings. The fraction of sp³-hybridized carbons (Fsp3) is 0.222. The number of amides is 2. The maximum absolute atomic E-state index is 11.1. The number of carbonyl (C=O) groups excluding carboxylic acids is 2. The van der Waals surface area contributed by atoms with Crippen molar-refractivity contribution in [1.82, 2.24) is 21.3 Å². The molecule has 0 aliphatic rings. The monoisotopic (exact) mass is 433 g/mol. The number of aromatic nitrogens is 1. The van der Waals surface area contributed by atoms with Gasteiger partial charge in [-0.05, 0) is 36.8 Å². The first kappa shape index (κ1) is 22.3. The second-order valence-corrected chi connectivity index (χ2v) is 7.52. The molecule has 9 nitrogen and oxygen atoms in total. The number of carbonyl (C=O) groups is 2. The third kappa shape index (κ3) is 7.49. The molecule has 0 aliphatic heterocycles. The highest BCUT2D eigenvalue weighted by molar-refractivity contribution is 7.80. The summed E-state index contributed by atoms with van der Waals surface area (Å²) in [5.74, 6) is -0.336. The van der Waals surface area contributed by atoms with Crippen LogP contribution in [0.5, 0.6) is 0 Å². The number of anilines is 2. The Bertz CT molecular complexity index is 909. The van der Waals surface area contributed by atoms with E-state index in [-0.39, 0.29) is 23.0 Å². The van der Waals surface area contributed by atoms with E-state index in [2.05, 4.69) is 32.0 Å². The van der Waals surface area contributed by atoms with Crippen LogP contribution < -0.4 is 32.8 Å². The lowest BCUT2D eigenvalue weighted by Gasteiger charge is -2.15. The van der Waals surface area contributed by atoms with Crippen LogP contribution in [0.3, 0.4) is 0 Å². The molecule has 0 saturated heterocycles. The van der Waals surface area contributed by atoms with Crippen molar-refractivity contribution in [3.63, 3.8) is 0 Å². The number of hydrazine groups is 2. The van der Waals surface area contributed by atoms with Crippen LogP contribution in [0.15, 0.2) is 30.3 Å². The van der Waals surface area contributed by atoms with E-state index in [1.165, 1.54) is 25.2 Å². The van der Waals surface area contributed by atoms with Crippen LogP contribution in [0.2, 0.25) is 0 Å². The first-order chi connectivity index (χ1) is 13.7. The van der Waals surface area contributed by atoms with Crippen LogP contribution >= 0.6 is 23.6 Å². The summed E-state index contributed by atoms with van der Waals surface area (Å²) in [5.41, 5.74) is 19.1. The molecular weight excluding hydrogens is 410 g/mol. The summed E-state index contributed by atoms with van der Waals surface area (Å²) in [7, 11) is 0. The highest BCUT2D eigenvalue weighted by Crippen LogP contribution is 2.29. The van der Waals surface area contributed by atoms with Gasteiger partial charge in [-0.2, -0.15) is 0 Å². The van der Waals surface area contributed by atoms with E-state index in [0.717, 1.165) is 21.8 Å². The van der Waals surface area contributed by atoms with Gasteiger partial charge >= 0.3 is 0 Å². The van der Waals surface area contributed by atoms with E-state index in [4.69, 9.17) is 18.0 Å². The van der Waals surface area contributed by atoms with Gasteiger partial charge in [0.2, 0.25) is 16.9 Å². The van der Waals surface area contributed by atoms with Crippen LogP contribution in [0, 0.1) is 6.92 Å². The lowest BCUT2D eigenvalue weighted by molar-refractivity contribution is -0.118. The van der Waals surface area contributed by atoms with Crippen molar-refractivity contribution < 1.29 is 9.59 Å². The summed E-state index contributed by atoms with van der Waals surface area (Å²) in [6.45, 7) is 4.74. The topological polar surface area (TPSA) is 133 Å². The van der Waals surface area contributed by atoms with Gasteiger partial charge in [0.15, 0.2) is 5.11 Å². The molecule has 0 fully saturated rings. The van der Waals surface area contributed by atoms with E-state index >= 15 is 0 Å². The molecule has 0 unspecified atom stereocenters. The summed E-state index contributed by atoms with van der Waals surface area (Å²) in [4.78, 5) is 27.5. The van der Waals surface area contributed by atoms with E-state index in [1.807, 2.05) is 43.3 Å². The second kappa shape index (κ2) is 10.5. The number of hydrogen-bond donors (Lipinski definition) is 6. The van der Waals surface area contributed by atoms with Gasteiger partial charge in [-0.3, -0.25) is 25.9 Å². The fourth-order valence-corrected chi connectivity index (χ4v) is 3.34. The quantitative estimate of drug-likeness (QED) is 0.275. The van der Waals surface area contributed by atoms with Gasteiger partial charge in [-0.1, -0.05) is 35.6 Å². The molecule has 2 amide bonds. The molecule has 11 heteroatoms. The first-order valence-electron chi connectivity index (χ1n) is 8.61. The minimum Gasteiger partial charge on any atom is -0.375 e. The molecule has 0 spiro atoms.